The third-order valence-electron chi connectivity index (χ3n) is 3.77. The molecule has 2 aromatic rings. The molecular formula is C18H24N2O4S. The zero-order valence-corrected chi connectivity index (χ0v) is 15.8. The Morgan fingerprint density at radius 1 is 1.16 bits per heavy atom. The fourth-order valence-electron chi connectivity index (χ4n) is 2.38. The van der Waals surface area contributed by atoms with Gasteiger partial charge >= 0.3 is 0 Å². The van der Waals surface area contributed by atoms with Crippen LogP contribution in [0.4, 0.5) is 5.69 Å². The normalized spacial score (nSPS) is 12.0. The van der Waals surface area contributed by atoms with Crippen LogP contribution in [0.5, 0.6) is 0 Å². The first-order chi connectivity index (χ1) is 11.6. The Kier molecular flexibility index (Phi) is 5.57. The van der Waals surface area contributed by atoms with Crippen molar-refractivity contribution < 1.29 is 17.6 Å². The van der Waals surface area contributed by atoms with Crippen LogP contribution in [0, 0.1) is 0 Å². The standard InChI is InChI=1S/C18H24N2O4S/c1-18(2,3)14-7-9-15(10-8-14)20(25(4,22)23)12-11-19-17(21)16-6-5-13-24-16/h5-10,13H,11-12H2,1-4H3,(H,19,21). The highest BCUT2D eigenvalue weighted by molar-refractivity contribution is 7.92. The Hall–Kier alpha value is -2.28. The van der Waals surface area contributed by atoms with Crippen LogP contribution in [0.1, 0.15) is 36.9 Å². The minimum absolute atomic E-state index is 0.00847. The van der Waals surface area contributed by atoms with Crippen molar-refractivity contribution in [1.29, 1.82) is 0 Å². The highest BCUT2D eigenvalue weighted by Crippen LogP contribution is 2.25. The molecule has 1 heterocycles. The smallest absolute Gasteiger partial charge is 0.287 e. The summed E-state index contributed by atoms with van der Waals surface area (Å²) in [4.78, 5) is 11.9. The van der Waals surface area contributed by atoms with Gasteiger partial charge in [0, 0.05) is 6.54 Å². The number of rotatable bonds is 6. The number of hydrogen-bond donors (Lipinski definition) is 1. The van der Waals surface area contributed by atoms with Gasteiger partial charge in [0.15, 0.2) is 5.76 Å². The third kappa shape index (κ3) is 5.09. The SMILES string of the molecule is CC(C)(C)c1ccc(N(CCNC(=O)c2ccco2)S(C)(=O)=O)cc1. The fraction of sp³-hybridized carbons (Fsp3) is 0.389. The molecular weight excluding hydrogens is 340 g/mol. The van der Waals surface area contributed by atoms with Crippen LogP contribution in [0.3, 0.4) is 0 Å². The molecule has 1 aromatic heterocycles. The molecule has 0 aliphatic heterocycles. The lowest BCUT2D eigenvalue weighted by molar-refractivity contribution is 0.0927. The largest absolute Gasteiger partial charge is 0.459 e. The maximum absolute atomic E-state index is 12.1. The summed E-state index contributed by atoms with van der Waals surface area (Å²) in [6, 6.07) is 10.6. The van der Waals surface area contributed by atoms with Gasteiger partial charge in [-0.25, -0.2) is 8.42 Å². The van der Waals surface area contributed by atoms with Gasteiger partial charge in [0.05, 0.1) is 24.8 Å². The van der Waals surface area contributed by atoms with Crippen molar-refractivity contribution in [3.05, 3.63) is 54.0 Å². The molecule has 0 fully saturated rings. The highest BCUT2D eigenvalue weighted by Gasteiger charge is 2.19. The molecule has 0 bridgehead atoms. The van der Waals surface area contributed by atoms with Gasteiger partial charge in [0.1, 0.15) is 0 Å². The maximum Gasteiger partial charge on any atom is 0.287 e. The van der Waals surface area contributed by atoms with Crippen molar-refractivity contribution in [3.8, 4) is 0 Å². The Labute approximate surface area is 148 Å². The molecule has 1 N–H and O–H groups in total. The molecule has 0 atom stereocenters. The predicted molar refractivity (Wildman–Crippen MR) is 98.4 cm³/mol. The van der Waals surface area contributed by atoms with Crippen molar-refractivity contribution >= 4 is 21.6 Å². The molecule has 0 aliphatic rings. The number of sulfonamides is 1. The van der Waals surface area contributed by atoms with E-state index in [1.807, 2.05) is 12.1 Å². The predicted octanol–water partition coefficient (Wildman–Crippen LogP) is 2.77. The molecule has 6 nitrogen and oxygen atoms in total. The molecule has 1 amide bonds. The average Bonchev–Trinajstić information content (AvgIpc) is 3.04. The van der Waals surface area contributed by atoms with Gasteiger partial charge in [0.2, 0.25) is 10.0 Å². The van der Waals surface area contributed by atoms with Gasteiger partial charge in [-0.1, -0.05) is 32.9 Å². The van der Waals surface area contributed by atoms with E-state index in [4.69, 9.17) is 4.42 Å². The molecule has 0 aliphatic carbocycles. The van der Waals surface area contributed by atoms with Crippen molar-refractivity contribution in [3.63, 3.8) is 0 Å². The number of carbonyl (C=O) groups excluding carboxylic acids is 1. The first kappa shape index (κ1) is 19.1. The Morgan fingerprint density at radius 2 is 1.80 bits per heavy atom. The number of carbonyl (C=O) groups is 1. The number of amides is 1. The summed E-state index contributed by atoms with van der Waals surface area (Å²) < 4.78 is 30.5. The fourth-order valence-corrected chi connectivity index (χ4v) is 3.31. The van der Waals surface area contributed by atoms with Crippen LogP contribution < -0.4 is 9.62 Å². The van der Waals surface area contributed by atoms with Crippen molar-refractivity contribution in [1.82, 2.24) is 5.32 Å². The second-order valence-corrected chi connectivity index (χ2v) is 8.77. The Balaban J connectivity index is 2.08. The monoisotopic (exact) mass is 364 g/mol. The van der Waals surface area contributed by atoms with Gasteiger partial charge in [0.25, 0.3) is 5.91 Å². The summed E-state index contributed by atoms with van der Waals surface area (Å²) in [6.45, 7) is 6.61. The number of anilines is 1. The van der Waals surface area contributed by atoms with E-state index in [1.54, 1.807) is 24.3 Å². The lowest BCUT2D eigenvalue weighted by Crippen LogP contribution is -2.38. The van der Waals surface area contributed by atoms with E-state index in [0.29, 0.717) is 5.69 Å². The van der Waals surface area contributed by atoms with Crippen LogP contribution in [-0.4, -0.2) is 33.7 Å². The number of nitrogens with one attached hydrogen (secondary N) is 1. The minimum Gasteiger partial charge on any atom is -0.459 e. The second kappa shape index (κ2) is 7.31. The van der Waals surface area contributed by atoms with Crippen molar-refractivity contribution in [2.24, 2.45) is 0 Å². The molecule has 25 heavy (non-hydrogen) atoms. The van der Waals surface area contributed by atoms with Crippen LogP contribution in [-0.2, 0) is 15.4 Å². The van der Waals surface area contributed by atoms with E-state index in [9.17, 15) is 13.2 Å². The van der Waals surface area contributed by atoms with E-state index >= 15 is 0 Å². The lowest BCUT2D eigenvalue weighted by Gasteiger charge is -2.24. The third-order valence-corrected chi connectivity index (χ3v) is 4.96. The Bertz CT molecular complexity index is 804. The van der Waals surface area contributed by atoms with Crippen LogP contribution in [0.2, 0.25) is 0 Å². The maximum atomic E-state index is 12.1. The van der Waals surface area contributed by atoms with E-state index in [-0.39, 0.29) is 30.2 Å². The molecule has 136 valence electrons. The number of furan rings is 1. The van der Waals surface area contributed by atoms with Gasteiger partial charge < -0.3 is 9.73 Å². The quantitative estimate of drug-likeness (QED) is 0.855. The topological polar surface area (TPSA) is 79.6 Å². The van der Waals surface area contributed by atoms with E-state index in [2.05, 4.69) is 26.1 Å². The van der Waals surface area contributed by atoms with Crippen LogP contribution in [0.15, 0.2) is 47.1 Å². The molecule has 0 saturated heterocycles. The zero-order valence-electron chi connectivity index (χ0n) is 14.9. The molecule has 0 spiro atoms. The van der Waals surface area contributed by atoms with Crippen molar-refractivity contribution in [2.45, 2.75) is 26.2 Å². The minimum atomic E-state index is -3.46. The van der Waals surface area contributed by atoms with E-state index in [0.717, 1.165) is 11.8 Å². The van der Waals surface area contributed by atoms with Crippen molar-refractivity contribution in [2.75, 3.05) is 23.7 Å². The summed E-state index contributed by atoms with van der Waals surface area (Å²) in [6.07, 6.45) is 2.56. The van der Waals surface area contributed by atoms with Gasteiger partial charge in [-0.15, -0.1) is 0 Å². The van der Waals surface area contributed by atoms with Gasteiger partial charge in [-0.3, -0.25) is 9.10 Å². The van der Waals surface area contributed by atoms with Gasteiger partial charge in [-0.05, 0) is 35.2 Å². The summed E-state index contributed by atoms with van der Waals surface area (Å²) in [5.41, 5.74) is 1.68. The molecule has 7 heteroatoms. The first-order valence-electron chi connectivity index (χ1n) is 7.99. The first-order valence-corrected chi connectivity index (χ1v) is 9.84. The summed E-state index contributed by atoms with van der Waals surface area (Å²) in [5, 5.41) is 2.65. The van der Waals surface area contributed by atoms with Crippen LogP contribution >= 0.6 is 0 Å². The highest BCUT2D eigenvalue weighted by atomic mass is 32.2. The zero-order chi connectivity index (χ0) is 18.7. The van der Waals surface area contributed by atoms with Gasteiger partial charge in [-0.2, -0.15) is 0 Å². The second-order valence-electron chi connectivity index (χ2n) is 6.87. The molecule has 0 radical (unpaired) electrons. The van der Waals surface area contributed by atoms with E-state index < -0.39 is 10.0 Å². The number of nitrogens with zero attached hydrogens (tertiary/aromatic N) is 1. The Morgan fingerprint density at radius 3 is 2.28 bits per heavy atom. The molecule has 2 rings (SSSR count). The summed E-state index contributed by atoms with van der Waals surface area (Å²) in [7, 11) is -3.46. The van der Waals surface area contributed by atoms with Crippen LogP contribution in [0.25, 0.3) is 0 Å². The molecule has 1 aromatic carbocycles. The summed E-state index contributed by atoms with van der Waals surface area (Å²) >= 11 is 0. The summed E-state index contributed by atoms with van der Waals surface area (Å²) in [5.74, 6) is -0.179. The lowest BCUT2D eigenvalue weighted by atomic mass is 9.87. The van der Waals surface area contributed by atoms with E-state index in [1.165, 1.54) is 10.6 Å². The number of hydrogen-bond acceptors (Lipinski definition) is 4. The molecule has 0 saturated carbocycles. The molecule has 0 unspecified atom stereocenters. The average molecular weight is 364 g/mol. The number of benzene rings is 1.